The number of fused-ring (bicyclic) bond motifs is 2. The molecule has 0 aromatic carbocycles. The van der Waals surface area contributed by atoms with Gasteiger partial charge in [0.1, 0.15) is 5.60 Å². The fourth-order valence-electron chi connectivity index (χ4n) is 3.46. The molecule has 2 aliphatic heterocycles. The zero-order valence-electron chi connectivity index (χ0n) is 13.6. The number of ether oxygens (including phenoxy) is 2. The first kappa shape index (κ1) is 15.8. The van der Waals surface area contributed by atoms with E-state index in [9.17, 15) is 4.79 Å². The Hall–Kier alpha value is -1.07. The fraction of sp³-hybridized carbons (Fsp3) is 0.706. The molecule has 2 atom stereocenters. The topological polar surface area (TPSA) is 38.8 Å². The SMILES string of the molecule is CC(C)(C)OC(=O)N1C2CCC1CC(OCc1ccsc1)C2. The molecule has 4 nitrogen and oxygen atoms in total. The number of hydrogen-bond acceptors (Lipinski definition) is 4. The summed E-state index contributed by atoms with van der Waals surface area (Å²) >= 11 is 1.70. The van der Waals surface area contributed by atoms with Crippen molar-refractivity contribution in [3.63, 3.8) is 0 Å². The van der Waals surface area contributed by atoms with E-state index in [2.05, 4.69) is 16.8 Å². The second kappa shape index (κ2) is 6.20. The van der Waals surface area contributed by atoms with Crippen LogP contribution < -0.4 is 0 Å². The first-order valence-electron chi connectivity index (χ1n) is 8.06. The van der Waals surface area contributed by atoms with Gasteiger partial charge >= 0.3 is 6.09 Å². The summed E-state index contributed by atoms with van der Waals surface area (Å²) in [4.78, 5) is 14.4. The fourth-order valence-corrected chi connectivity index (χ4v) is 4.12. The van der Waals surface area contributed by atoms with Crippen molar-refractivity contribution in [3.8, 4) is 0 Å². The van der Waals surface area contributed by atoms with E-state index in [-0.39, 0.29) is 24.3 Å². The average molecular weight is 323 g/mol. The molecular weight excluding hydrogens is 298 g/mol. The van der Waals surface area contributed by atoms with Gasteiger partial charge in [-0.25, -0.2) is 4.79 Å². The van der Waals surface area contributed by atoms with Crippen LogP contribution in [0.4, 0.5) is 4.79 Å². The maximum absolute atomic E-state index is 12.4. The van der Waals surface area contributed by atoms with Crippen LogP contribution in [-0.2, 0) is 16.1 Å². The van der Waals surface area contributed by atoms with Gasteiger partial charge in [0.2, 0.25) is 0 Å². The molecule has 2 saturated heterocycles. The predicted octanol–water partition coefficient (Wildman–Crippen LogP) is 4.20. The number of thiophene rings is 1. The van der Waals surface area contributed by atoms with Crippen molar-refractivity contribution in [2.24, 2.45) is 0 Å². The van der Waals surface area contributed by atoms with E-state index in [0.29, 0.717) is 6.61 Å². The van der Waals surface area contributed by atoms with E-state index in [1.807, 2.05) is 25.7 Å². The van der Waals surface area contributed by atoms with Gasteiger partial charge in [0.05, 0.1) is 12.7 Å². The summed E-state index contributed by atoms with van der Waals surface area (Å²) in [5, 5.41) is 4.21. The third-order valence-electron chi connectivity index (χ3n) is 4.36. The normalized spacial score (nSPS) is 28.0. The summed E-state index contributed by atoms with van der Waals surface area (Å²) in [7, 11) is 0. The second-order valence-corrected chi connectivity index (χ2v) is 8.09. The van der Waals surface area contributed by atoms with Crippen LogP contribution in [-0.4, -0.2) is 34.8 Å². The van der Waals surface area contributed by atoms with Gasteiger partial charge in [-0.3, -0.25) is 0 Å². The highest BCUT2D eigenvalue weighted by Crippen LogP contribution is 2.38. The van der Waals surface area contributed by atoms with Crippen LogP contribution in [0.2, 0.25) is 0 Å². The van der Waals surface area contributed by atoms with Crippen LogP contribution in [0.3, 0.4) is 0 Å². The lowest BCUT2D eigenvalue weighted by atomic mass is 10.00. The molecule has 0 radical (unpaired) electrons. The molecule has 3 rings (SSSR count). The minimum Gasteiger partial charge on any atom is -0.444 e. The molecule has 1 aromatic heterocycles. The standard InChI is InChI=1S/C17H25NO3S/c1-17(2,3)21-16(19)18-13-4-5-14(18)9-15(8-13)20-10-12-6-7-22-11-12/h6-7,11,13-15H,4-5,8-10H2,1-3H3. The van der Waals surface area contributed by atoms with E-state index in [0.717, 1.165) is 25.7 Å². The largest absolute Gasteiger partial charge is 0.444 e. The van der Waals surface area contributed by atoms with Crippen molar-refractivity contribution in [2.45, 2.75) is 76.9 Å². The molecule has 1 aromatic rings. The summed E-state index contributed by atoms with van der Waals surface area (Å²) in [6, 6.07) is 2.66. The third-order valence-corrected chi connectivity index (χ3v) is 5.09. The first-order valence-corrected chi connectivity index (χ1v) is 9.00. The number of hydrogen-bond donors (Lipinski definition) is 0. The van der Waals surface area contributed by atoms with Crippen molar-refractivity contribution in [1.29, 1.82) is 0 Å². The maximum Gasteiger partial charge on any atom is 0.410 e. The lowest BCUT2D eigenvalue weighted by molar-refractivity contribution is -0.0396. The summed E-state index contributed by atoms with van der Waals surface area (Å²) in [6.07, 6.45) is 4.11. The summed E-state index contributed by atoms with van der Waals surface area (Å²) in [5.41, 5.74) is 0.815. The highest BCUT2D eigenvalue weighted by atomic mass is 32.1. The van der Waals surface area contributed by atoms with E-state index in [1.165, 1.54) is 5.56 Å². The molecule has 1 amide bonds. The van der Waals surface area contributed by atoms with E-state index < -0.39 is 5.60 Å². The average Bonchev–Trinajstić information content (AvgIpc) is 3.01. The Morgan fingerprint density at radius 2 is 2.00 bits per heavy atom. The Bertz CT molecular complexity index is 494. The number of carbonyl (C=O) groups excluding carboxylic acids is 1. The molecule has 2 fully saturated rings. The molecule has 122 valence electrons. The highest BCUT2D eigenvalue weighted by molar-refractivity contribution is 7.07. The van der Waals surface area contributed by atoms with E-state index in [4.69, 9.17) is 9.47 Å². The Morgan fingerprint density at radius 3 is 2.55 bits per heavy atom. The molecule has 5 heteroatoms. The molecule has 0 N–H and O–H groups in total. The molecule has 2 bridgehead atoms. The quantitative estimate of drug-likeness (QED) is 0.837. The molecule has 22 heavy (non-hydrogen) atoms. The van der Waals surface area contributed by atoms with Crippen molar-refractivity contribution in [3.05, 3.63) is 22.4 Å². The van der Waals surface area contributed by atoms with Crippen molar-refractivity contribution < 1.29 is 14.3 Å². The van der Waals surface area contributed by atoms with Gasteiger partial charge in [-0.1, -0.05) is 0 Å². The Morgan fingerprint density at radius 1 is 1.32 bits per heavy atom. The summed E-state index contributed by atoms with van der Waals surface area (Å²) in [5.74, 6) is 0. The van der Waals surface area contributed by atoms with Crippen molar-refractivity contribution in [1.82, 2.24) is 4.90 Å². The van der Waals surface area contributed by atoms with Gasteiger partial charge in [0, 0.05) is 12.1 Å². The van der Waals surface area contributed by atoms with Gasteiger partial charge in [0.25, 0.3) is 0 Å². The van der Waals surface area contributed by atoms with Crippen LogP contribution in [0.5, 0.6) is 0 Å². The van der Waals surface area contributed by atoms with Gasteiger partial charge in [-0.2, -0.15) is 11.3 Å². The minimum absolute atomic E-state index is 0.156. The second-order valence-electron chi connectivity index (χ2n) is 7.31. The molecule has 3 heterocycles. The molecule has 0 saturated carbocycles. The van der Waals surface area contributed by atoms with Crippen molar-refractivity contribution in [2.75, 3.05) is 0 Å². The number of carbonyl (C=O) groups is 1. The van der Waals surface area contributed by atoms with Crippen LogP contribution >= 0.6 is 11.3 Å². The van der Waals surface area contributed by atoms with Crippen LogP contribution in [0, 0.1) is 0 Å². The van der Waals surface area contributed by atoms with Gasteiger partial charge in [-0.15, -0.1) is 0 Å². The van der Waals surface area contributed by atoms with Gasteiger partial charge in [0.15, 0.2) is 0 Å². The number of nitrogens with zero attached hydrogens (tertiary/aromatic N) is 1. The molecule has 0 spiro atoms. The number of piperidine rings is 1. The summed E-state index contributed by atoms with van der Waals surface area (Å²) < 4.78 is 11.6. The van der Waals surface area contributed by atoms with Gasteiger partial charge < -0.3 is 14.4 Å². The smallest absolute Gasteiger partial charge is 0.410 e. The lowest BCUT2D eigenvalue weighted by Gasteiger charge is -2.39. The minimum atomic E-state index is -0.428. The zero-order chi connectivity index (χ0) is 15.7. The lowest BCUT2D eigenvalue weighted by Crippen LogP contribution is -2.50. The molecule has 2 aliphatic rings. The predicted molar refractivity (Wildman–Crippen MR) is 87.0 cm³/mol. The zero-order valence-corrected chi connectivity index (χ0v) is 14.4. The van der Waals surface area contributed by atoms with Crippen LogP contribution in [0.25, 0.3) is 0 Å². The maximum atomic E-state index is 12.4. The van der Waals surface area contributed by atoms with Crippen LogP contribution in [0.15, 0.2) is 16.8 Å². The van der Waals surface area contributed by atoms with Gasteiger partial charge in [-0.05, 0) is 68.8 Å². The Balaban J connectivity index is 1.56. The highest BCUT2D eigenvalue weighted by Gasteiger charge is 2.45. The van der Waals surface area contributed by atoms with Crippen molar-refractivity contribution >= 4 is 17.4 Å². The number of rotatable bonds is 3. The third kappa shape index (κ3) is 3.63. The molecule has 2 unspecified atom stereocenters. The van der Waals surface area contributed by atoms with E-state index in [1.54, 1.807) is 11.3 Å². The van der Waals surface area contributed by atoms with Crippen LogP contribution in [0.1, 0.15) is 52.0 Å². The molecule has 0 aliphatic carbocycles. The Kier molecular flexibility index (Phi) is 4.46. The number of amides is 1. The van der Waals surface area contributed by atoms with E-state index >= 15 is 0 Å². The molecular formula is C17H25NO3S. The summed E-state index contributed by atoms with van der Waals surface area (Å²) in [6.45, 7) is 6.44. The first-order chi connectivity index (χ1) is 10.4. The monoisotopic (exact) mass is 323 g/mol. The Labute approximate surface area is 136 Å².